The zero-order valence-corrected chi connectivity index (χ0v) is 27.8. The van der Waals surface area contributed by atoms with Gasteiger partial charge >= 0.3 is 0 Å². The summed E-state index contributed by atoms with van der Waals surface area (Å²) < 4.78 is 5.02. The summed E-state index contributed by atoms with van der Waals surface area (Å²) in [6.07, 6.45) is 0. The number of hydrogen-bond donors (Lipinski definition) is 0. The molecule has 0 aliphatic carbocycles. The molecule has 0 unspecified atom stereocenters. The van der Waals surface area contributed by atoms with E-state index in [9.17, 15) is 0 Å². The fourth-order valence-corrected chi connectivity index (χ4v) is 8.27. The first-order valence-electron chi connectivity index (χ1n) is 16.8. The van der Waals surface area contributed by atoms with E-state index in [1.165, 1.54) is 47.6 Å². The van der Waals surface area contributed by atoms with Gasteiger partial charge in [0.1, 0.15) is 0 Å². The molecule has 234 valence electrons. The summed E-state index contributed by atoms with van der Waals surface area (Å²) in [7, 11) is 0. The Morgan fingerprint density at radius 3 is 1.74 bits per heavy atom. The Balaban J connectivity index is 1.16. The fourth-order valence-electron chi connectivity index (χ4n) is 7.18. The van der Waals surface area contributed by atoms with E-state index < -0.39 is 0 Å². The highest BCUT2D eigenvalue weighted by molar-refractivity contribution is 7.25. The maximum absolute atomic E-state index is 5.18. The predicted molar refractivity (Wildman–Crippen MR) is 211 cm³/mol. The van der Waals surface area contributed by atoms with E-state index in [0.717, 1.165) is 39.3 Å². The van der Waals surface area contributed by atoms with Crippen molar-refractivity contribution in [1.29, 1.82) is 0 Å². The van der Waals surface area contributed by atoms with Crippen LogP contribution < -0.4 is 0 Å². The lowest BCUT2D eigenvalue weighted by atomic mass is 10.0. The molecule has 3 heterocycles. The van der Waals surface area contributed by atoms with Gasteiger partial charge in [-0.05, 0) is 53.6 Å². The van der Waals surface area contributed by atoms with Crippen LogP contribution in [0.1, 0.15) is 0 Å². The van der Waals surface area contributed by atoms with E-state index in [1.54, 1.807) is 0 Å². The molecule has 4 heteroatoms. The Kier molecular flexibility index (Phi) is 6.68. The summed E-state index contributed by atoms with van der Waals surface area (Å²) in [4.78, 5) is 10.3. The number of benzene rings is 7. The van der Waals surface area contributed by atoms with Crippen LogP contribution in [0.15, 0.2) is 176 Å². The van der Waals surface area contributed by atoms with Crippen molar-refractivity contribution in [2.45, 2.75) is 0 Å². The molecule has 0 saturated carbocycles. The van der Waals surface area contributed by atoms with Gasteiger partial charge in [0.2, 0.25) is 0 Å². The summed E-state index contributed by atoms with van der Waals surface area (Å²) >= 11 is 1.85. The van der Waals surface area contributed by atoms with Gasteiger partial charge < -0.3 is 4.57 Å². The van der Waals surface area contributed by atoms with Crippen LogP contribution in [0.4, 0.5) is 0 Å². The molecule has 0 aliphatic heterocycles. The second-order valence-electron chi connectivity index (χ2n) is 12.6. The van der Waals surface area contributed by atoms with Crippen LogP contribution in [0.3, 0.4) is 0 Å². The van der Waals surface area contributed by atoms with Gasteiger partial charge in [0, 0.05) is 53.3 Å². The number of thiophene rings is 1. The molecule has 0 amide bonds. The van der Waals surface area contributed by atoms with E-state index in [-0.39, 0.29) is 0 Å². The number of rotatable bonds is 5. The molecule has 0 N–H and O–H groups in total. The second-order valence-corrected chi connectivity index (χ2v) is 13.7. The molecule has 10 aromatic rings. The van der Waals surface area contributed by atoms with Gasteiger partial charge in [-0.2, -0.15) is 0 Å². The van der Waals surface area contributed by atoms with Crippen molar-refractivity contribution >= 4 is 53.3 Å². The van der Waals surface area contributed by atoms with Gasteiger partial charge in [0.05, 0.1) is 22.4 Å². The minimum atomic E-state index is 0.709. The van der Waals surface area contributed by atoms with Crippen LogP contribution in [0.5, 0.6) is 0 Å². The first-order chi connectivity index (χ1) is 24.8. The van der Waals surface area contributed by atoms with Gasteiger partial charge in [-0.1, -0.05) is 133 Å². The molecule has 0 fully saturated rings. The van der Waals surface area contributed by atoms with Crippen molar-refractivity contribution in [3.8, 4) is 50.7 Å². The molecule has 7 aromatic carbocycles. The maximum Gasteiger partial charge on any atom is 0.160 e. The molecular weight excluding hydrogens is 627 g/mol. The first-order valence-corrected chi connectivity index (χ1v) is 17.6. The van der Waals surface area contributed by atoms with Crippen molar-refractivity contribution in [3.05, 3.63) is 176 Å². The minimum Gasteiger partial charge on any atom is -0.309 e. The standard InChI is InChI=1S/C46H29N3S/c1-3-11-30(12-4-1)31-19-21-32(22-20-31)40-29-41(48-46(47-40)33-13-5-2-6-14-33)34-23-25-37-36-15-7-9-17-42(36)49(43(37)27-34)35-24-26-45-39(28-35)38-16-8-10-18-44(38)50-45/h1-29H. The highest BCUT2D eigenvalue weighted by atomic mass is 32.1. The summed E-state index contributed by atoms with van der Waals surface area (Å²) in [5, 5.41) is 5.04. The van der Waals surface area contributed by atoms with Crippen molar-refractivity contribution in [2.75, 3.05) is 0 Å². The number of nitrogens with zero attached hydrogens (tertiary/aromatic N) is 3. The maximum atomic E-state index is 5.18. The average Bonchev–Trinajstić information content (AvgIpc) is 3.73. The Bertz CT molecular complexity index is 2850. The van der Waals surface area contributed by atoms with Crippen molar-refractivity contribution in [2.24, 2.45) is 0 Å². The fraction of sp³-hybridized carbons (Fsp3) is 0. The van der Waals surface area contributed by atoms with Crippen LogP contribution in [0.25, 0.3) is 92.7 Å². The minimum absolute atomic E-state index is 0.709. The SMILES string of the molecule is c1ccc(-c2ccc(-c3cc(-c4ccc5c6ccccc6n(-c6ccc7sc8ccccc8c7c6)c5c4)nc(-c4ccccc4)n3)cc2)cc1. The zero-order valence-electron chi connectivity index (χ0n) is 27.0. The van der Waals surface area contributed by atoms with Crippen molar-refractivity contribution in [1.82, 2.24) is 14.5 Å². The van der Waals surface area contributed by atoms with Gasteiger partial charge in [0.15, 0.2) is 5.82 Å². The average molecular weight is 656 g/mol. The van der Waals surface area contributed by atoms with E-state index in [1.807, 2.05) is 35.6 Å². The highest BCUT2D eigenvalue weighted by Crippen LogP contribution is 2.39. The van der Waals surface area contributed by atoms with Crippen molar-refractivity contribution < 1.29 is 0 Å². The third-order valence-electron chi connectivity index (χ3n) is 9.63. The Morgan fingerprint density at radius 2 is 0.940 bits per heavy atom. The number of aromatic nitrogens is 3. The van der Waals surface area contributed by atoms with Gasteiger partial charge in [-0.25, -0.2) is 9.97 Å². The van der Waals surface area contributed by atoms with Crippen LogP contribution in [-0.2, 0) is 0 Å². The summed E-state index contributed by atoms with van der Waals surface area (Å²) in [6, 6.07) is 62.5. The third kappa shape index (κ3) is 4.80. The molecule has 0 atom stereocenters. The van der Waals surface area contributed by atoms with E-state index in [0.29, 0.717) is 5.82 Å². The Hall–Kier alpha value is -6.36. The van der Waals surface area contributed by atoms with Crippen LogP contribution in [-0.4, -0.2) is 14.5 Å². The monoisotopic (exact) mass is 655 g/mol. The Labute approximate surface area is 293 Å². The number of para-hydroxylation sites is 1. The normalized spacial score (nSPS) is 11.6. The molecule has 0 radical (unpaired) electrons. The summed E-state index contributed by atoms with van der Waals surface area (Å²) in [5.74, 6) is 0.709. The van der Waals surface area contributed by atoms with E-state index >= 15 is 0 Å². The number of hydrogen-bond acceptors (Lipinski definition) is 3. The molecule has 3 nitrogen and oxygen atoms in total. The number of fused-ring (bicyclic) bond motifs is 6. The smallest absolute Gasteiger partial charge is 0.160 e. The van der Waals surface area contributed by atoms with Gasteiger partial charge in [0.25, 0.3) is 0 Å². The quantitative estimate of drug-likeness (QED) is 0.185. The molecular formula is C46H29N3S. The highest BCUT2D eigenvalue weighted by Gasteiger charge is 2.17. The molecule has 50 heavy (non-hydrogen) atoms. The third-order valence-corrected chi connectivity index (χ3v) is 10.8. The lowest BCUT2D eigenvalue weighted by Crippen LogP contribution is -1.97. The summed E-state index contributed by atoms with van der Waals surface area (Å²) in [5.41, 5.74) is 10.7. The van der Waals surface area contributed by atoms with Gasteiger partial charge in [-0.15, -0.1) is 11.3 Å². The molecule has 10 rings (SSSR count). The van der Waals surface area contributed by atoms with E-state index in [2.05, 4.69) is 156 Å². The van der Waals surface area contributed by atoms with Crippen LogP contribution >= 0.6 is 11.3 Å². The van der Waals surface area contributed by atoms with E-state index in [4.69, 9.17) is 9.97 Å². The molecule has 0 aliphatic rings. The second kappa shape index (κ2) is 11.7. The Morgan fingerprint density at radius 1 is 0.360 bits per heavy atom. The molecule has 3 aromatic heterocycles. The lowest BCUT2D eigenvalue weighted by molar-refractivity contribution is 1.17. The zero-order chi connectivity index (χ0) is 33.0. The molecule has 0 bridgehead atoms. The topological polar surface area (TPSA) is 30.7 Å². The first kappa shape index (κ1) is 28.6. The summed E-state index contributed by atoms with van der Waals surface area (Å²) in [6.45, 7) is 0. The molecule has 0 spiro atoms. The van der Waals surface area contributed by atoms with Gasteiger partial charge in [-0.3, -0.25) is 0 Å². The van der Waals surface area contributed by atoms with Crippen LogP contribution in [0, 0.1) is 0 Å². The largest absolute Gasteiger partial charge is 0.309 e. The van der Waals surface area contributed by atoms with Crippen molar-refractivity contribution in [3.63, 3.8) is 0 Å². The van der Waals surface area contributed by atoms with Crippen LogP contribution in [0.2, 0.25) is 0 Å². The molecule has 0 saturated heterocycles. The lowest BCUT2D eigenvalue weighted by Gasteiger charge is -2.12. The predicted octanol–water partition coefficient (Wildman–Crippen LogP) is 12.6.